The van der Waals surface area contributed by atoms with Gasteiger partial charge in [0.25, 0.3) is 0 Å². The minimum Gasteiger partial charge on any atom is -0.387 e. The quantitative estimate of drug-likeness (QED) is 0.189. The van der Waals surface area contributed by atoms with Crippen molar-refractivity contribution in [3.05, 3.63) is 0 Å². The van der Waals surface area contributed by atoms with Gasteiger partial charge in [0.15, 0.2) is 0 Å². The van der Waals surface area contributed by atoms with E-state index in [2.05, 4.69) is 13.6 Å². The van der Waals surface area contributed by atoms with Gasteiger partial charge in [-0.05, 0) is 0 Å². The molecular formula is C6H15O15P3. The first-order chi connectivity index (χ1) is 10.5. The molecule has 144 valence electrons. The van der Waals surface area contributed by atoms with Crippen LogP contribution < -0.4 is 0 Å². The standard InChI is InChI=1S/C6H15O15P3/c7-1-2(8)5(20-23(13,14)15)6(21-24(16,17)18)3(9)4(1)19-22(10,11)12/h1-9H,(H2,10,11,12)(H2,13,14,15)(H2,16,17,18)/t1-,2-,3+,4-,5-,6-/m0/s1. The highest BCUT2D eigenvalue weighted by atomic mass is 31.2. The maximum absolute atomic E-state index is 10.9. The fraction of sp³-hybridized carbons (Fsp3) is 1.00. The number of aliphatic hydroxyl groups excluding tert-OH is 3. The minimum absolute atomic E-state index is 2.32. The maximum atomic E-state index is 10.9. The van der Waals surface area contributed by atoms with Gasteiger partial charge in [0, 0.05) is 0 Å². The van der Waals surface area contributed by atoms with Crippen molar-refractivity contribution in [3.63, 3.8) is 0 Å². The molecule has 1 aliphatic carbocycles. The van der Waals surface area contributed by atoms with Gasteiger partial charge in [0.2, 0.25) is 0 Å². The molecule has 0 aromatic rings. The maximum Gasteiger partial charge on any atom is 0.470 e. The van der Waals surface area contributed by atoms with Crippen molar-refractivity contribution in [2.24, 2.45) is 0 Å². The Labute approximate surface area is 133 Å². The molecule has 1 fully saturated rings. The lowest BCUT2D eigenvalue weighted by Gasteiger charge is -2.44. The second-order valence-corrected chi connectivity index (χ2v) is 8.23. The van der Waals surface area contributed by atoms with Gasteiger partial charge in [0.05, 0.1) is 0 Å². The van der Waals surface area contributed by atoms with E-state index >= 15 is 0 Å². The second kappa shape index (κ2) is 7.45. The van der Waals surface area contributed by atoms with Crippen LogP contribution >= 0.6 is 23.5 Å². The zero-order valence-corrected chi connectivity index (χ0v) is 14.0. The molecular weight excluding hydrogens is 405 g/mol. The highest BCUT2D eigenvalue weighted by Crippen LogP contribution is 2.49. The summed E-state index contributed by atoms with van der Waals surface area (Å²) in [6, 6.07) is 0. The van der Waals surface area contributed by atoms with Crippen molar-refractivity contribution in [2.45, 2.75) is 36.6 Å². The van der Waals surface area contributed by atoms with Gasteiger partial charge in [-0.3, -0.25) is 13.6 Å². The lowest BCUT2D eigenvalue weighted by atomic mass is 9.85. The molecule has 24 heavy (non-hydrogen) atoms. The molecule has 1 saturated carbocycles. The fourth-order valence-corrected chi connectivity index (χ4v) is 3.70. The Morgan fingerprint density at radius 3 is 1.08 bits per heavy atom. The number of phosphoric acid groups is 3. The van der Waals surface area contributed by atoms with Crippen molar-refractivity contribution in [3.8, 4) is 0 Å². The predicted molar refractivity (Wildman–Crippen MR) is 68.8 cm³/mol. The Hall–Kier alpha value is 0.210. The molecule has 0 saturated heterocycles. The van der Waals surface area contributed by atoms with Crippen molar-refractivity contribution in [1.82, 2.24) is 0 Å². The highest BCUT2D eigenvalue weighted by molar-refractivity contribution is 7.46. The lowest BCUT2D eigenvalue weighted by Crippen LogP contribution is -2.65. The topological polar surface area (TPSA) is 261 Å². The van der Waals surface area contributed by atoms with Crippen LogP contribution in [0, 0.1) is 0 Å². The van der Waals surface area contributed by atoms with Crippen LogP contribution in [0.25, 0.3) is 0 Å². The summed E-state index contributed by atoms with van der Waals surface area (Å²) in [4.78, 5) is 52.4. The molecule has 0 heterocycles. The van der Waals surface area contributed by atoms with Crippen LogP contribution in [0.4, 0.5) is 0 Å². The van der Waals surface area contributed by atoms with Crippen LogP contribution in [0.1, 0.15) is 0 Å². The molecule has 0 amide bonds. The van der Waals surface area contributed by atoms with Gasteiger partial charge < -0.3 is 44.7 Å². The normalized spacial score (nSPS) is 35.9. The smallest absolute Gasteiger partial charge is 0.387 e. The molecule has 0 bridgehead atoms. The van der Waals surface area contributed by atoms with E-state index in [1.54, 1.807) is 0 Å². The summed E-state index contributed by atoms with van der Waals surface area (Å²) in [7, 11) is -16.2. The summed E-state index contributed by atoms with van der Waals surface area (Å²) in [5.74, 6) is 0. The molecule has 0 aliphatic heterocycles. The van der Waals surface area contributed by atoms with Crippen LogP contribution in [0.2, 0.25) is 0 Å². The van der Waals surface area contributed by atoms with Crippen LogP contribution in [0.3, 0.4) is 0 Å². The summed E-state index contributed by atoms with van der Waals surface area (Å²) < 4.78 is 44.7. The zero-order chi connectivity index (χ0) is 19.1. The van der Waals surface area contributed by atoms with Gasteiger partial charge in [0.1, 0.15) is 36.6 Å². The number of hydrogen-bond acceptors (Lipinski definition) is 9. The summed E-state index contributed by atoms with van der Waals surface area (Å²) in [5, 5.41) is 29.3. The Morgan fingerprint density at radius 2 is 0.750 bits per heavy atom. The van der Waals surface area contributed by atoms with Crippen LogP contribution in [0.15, 0.2) is 0 Å². The second-order valence-electron chi connectivity index (χ2n) is 4.65. The van der Waals surface area contributed by atoms with Crippen molar-refractivity contribution >= 4 is 23.5 Å². The van der Waals surface area contributed by atoms with Gasteiger partial charge in [-0.15, -0.1) is 0 Å². The average molecular weight is 420 g/mol. The van der Waals surface area contributed by atoms with Crippen LogP contribution in [-0.4, -0.2) is 81.3 Å². The van der Waals surface area contributed by atoms with E-state index in [0.717, 1.165) is 0 Å². The van der Waals surface area contributed by atoms with E-state index in [1.165, 1.54) is 0 Å². The molecule has 0 aromatic heterocycles. The number of aliphatic hydroxyl groups is 3. The van der Waals surface area contributed by atoms with E-state index < -0.39 is 60.1 Å². The predicted octanol–water partition coefficient (Wildman–Crippen LogP) is -3.48. The Bertz CT molecular complexity index is 574. The fourth-order valence-electron chi connectivity index (χ4n) is 2.01. The minimum atomic E-state index is -5.43. The molecule has 0 radical (unpaired) electrons. The van der Waals surface area contributed by atoms with Gasteiger partial charge >= 0.3 is 23.5 Å². The van der Waals surface area contributed by atoms with E-state index in [1.807, 2.05) is 0 Å². The molecule has 0 unspecified atom stereocenters. The highest BCUT2D eigenvalue weighted by Gasteiger charge is 2.56. The summed E-state index contributed by atoms with van der Waals surface area (Å²) >= 11 is 0. The third-order valence-corrected chi connectivity index (χ3v) is 4.35. The van der Waals surface area contributed by atoms with E-state index in [9.17, 15) is 29.0 Å². The van der Waals surface area contributed by atoms with Gasteiger partial charge in [-0.1, -0.05) is 0 Å². The molecule has 15 nitrogen and oxygen atoms in total. The van der Waals surface area contributed by atoms with Crippen LogP contribution in [-0.2, 0) is 27.3 Å². The van der Waals surface area contributed by atoms with Crippen molar-refractivity contribution < 1.29 is 71.9 Å². The number of hydrogen-bond donors (Lipinski definition) is 9. The first kappa shape index (κ1) is 22.3. The van der Waals surface area contributed by atoms with Crippen LogP contribution in [0.5, 0.6) is 0 Å². The monoisotopic (exact) mass is 420 g/mol. The first-order valence-electron chi connectivity index (χ1n) is 5.78. The molecule has 18 heteroatoms. The summed E-state index contributed by atoms with van der Waals surface area (Å²) in [6.45, 7) is 0. The SMILES string of the molecule is O=P(O)(O)O[C@@H]1[C@@H](O)[C@H](OP(=O)(O)O)[C@@H](OP(=O)(O)O)[C@@H](O)[C@@H]1O. The van der Waals surface area contributed by atoms with E-state index in [-0.39, 0.29) is 0 Å². The molecule has 0 spiro atoms. The number of rotatable bonds is 6. The largest absolute Gasteiger partial charge is 0.470 e. The number of phosphoric ester groups is 3. The Kier molecular flexibility index (Phi) is 6.90. The van der Waals surface area contributed by atoms with E-state index in [4.69, 9.17) is 29.4 Å². The summed E-state index contributed by atoms with van der Waals surface area (Å²) in [6.07, 6.45) is -14.3. The third kappa shape index (κ3) is 6.50. The van der Waals surface area contributed by atoms with Crippen molar-refractivity contribution in [1.29, 1.82) is 0 Å². The molecule has 9 N–H and O–H groups in total. The first-order valence-corrected chi connectivity index (χ1v) is 10.4. The molecule has 1 rings (SSSR count). The lowest BCUT2D eigenvalue weighted by molar-refractivity contribution is -0.212. The molecule has 1 aliphatic rings. The Balaban J connectivity index is 3.23. The average Bonchev–Trinajstić information content (AvgIpc) is 2.32. The molecule has 6 atom stereocenters. The van der Waals surface area contributed by atoms with Crippen molar-refractivity contribution in [2.75, 3.05) is 0 Å². The molecule has 0 aromatic carbocycles. The van der Waals surface area contributed by atoms with Gasteiger partial charge in [-0.2, -0.15) is 0 Å². The van der Waals surface area contributed by atoms with E-state index in [0.29, 0.717) is 0 Å². The zero-order valence-electron chi connectivity index (χ0n) is 11.3. The Morgan fingerprint density at radius 1 is 0.500 bits per heavy atom. The third-order valence-electron chi connectivity index (χ3n) is 2.80. The summed E-state index contributed by atoms with van der Waals surface area (Å²) in [5.41, 5.74) is 0. The van der Waals surface area contributed by atoms with Gasteiger partial charge in [-0.25, -0.2) is 13.7 Å².